The zero-order valence-corrected chi connectivity index (χ0v) is 13.3. The van der Waals surface area contributed by atoms with Crippen molar-refractivity contribution >= 4 is 46.6 Å². The van der Waals surface area contributed by atoms with E-state index in [9.17, 15) is 23.1 Å². The van der Waals surface area contributed by atoms with Gasteiger partial charge in [0.2, 0.25) is 0 Å². The molecule has 0 aliphatic rings. The number of amides is 1. The predicted octanol–water partition coefficient (Wildman–Crippen LogP) is 4.96. The maximum absolute atomic E-state index is 12.4. The van der Waals surface area contributed by atoms with Crippen molar-refractivity contribution in [2.24, 2.45) is 0 Å². The number of phenolic OH excluding ortho intramolecular Hbond substituents is 1. The van der Waals surface area contributed by atoms with Gasteiger partial charge in [-0.15, -0.1) is 0 Å². The number of carbonyl (C=O) groups is 1. The molecule has 1 amide bonds. The summed E-state index contributed by atoms with van der Waals surface area (Å²) < 4.78 is 37.1. The Kier molecular flexibility index (Phi) is 5.28. The van der Waals surface area contributed by atoms with Gasteiger partial charge in [-0.3, -0.25) is 4.79 Å². The van der Waals surface area contributed by atoms with Gasteiger partial charge in [0.05, 0.1) is 10.7 Å². The quantitative estimate of drug-likeness (QED) is 0.447. The van der Waals surface area contributed by atoms with Crippen LogP contribution in [0, 0.1) is 0 Å². The first kappa shape index (κ1) is 17.7. The van der Waals surface area contributed by atoms with Crippen LogP contribution in [0.1, 0.15) is 10.5 Å². The molecule has 0 saturated heterocycles. The highest BCUT2D eigenvalue weighted by Crippen LogP contribution is 2.39. The average molecular weight is 383 g/mol. The van der Waals surface area contributed by atoms with Crippen molar-refractivity contribution in [1.29, 1.82) is 0 Å². The molecule has 0 saturated carbocycles. The normalized spacial score (nSPS) is 11.3. The predicted molar refractivity (Wildman–Crippen MR) is 82.2 cm³/mol. The van der Waals surface area contributed by atoms with Gasteiger partial charge in [0.15, 0.2) is 0 Å². The van der Waals surface area contributed by atoms with E-state index >= 15 is 0 Å². The average Bonchev–Trinajstić information content (AvgIpc) is 2.43. The van der Waals surface area contributed by atoms with E-state index < -0.39 is 17.2 Å². The molecule has 1 heterocycles. The summed E-state index contributed by atoms with van der Waals surface area (Å²) in [5, 5.41) is 11.9. The van der Waals surface area contributed by atoms with Crippen molar-refractivity contribution in [3.8, 4) is 5.75 Å². The van der Waals surface area contributed by atoms with Crippen LogP contribution in [0.3, 0.4) is 0 Å². The van der Waals surface area contributed by atoms with E-state index in [1.54, 1.807) is 0 Å². The van der Waals surface area contributed by atoms with E-state index in [0.717, 1.165) is 18.2 Å². The van der Waals surface area contributed by atoms with Gasteiger partial charge < -0.3 is 10.4 Å². The van der Waals surface area contributed by atoms with Gasteiger partial charge >= 0.3 is 5.51 Å². The second-order valence-corrected chi connectivity index (χ2v) is 6.08. The first-order chi connectivity index (χ1) is 10.7. The number of benzene rings is 1. The van der Waals surface area contributed by atoms with Crippen LogP contribution in [0.2, 0.25) is 10.2 Å². The summed E-state index contributed by atoms with van der Waals surface area (Å²) in [7, 11) is 0. The fraction of sp³-hybridized carbons (Fsp3) is 0.0769. The number of halogens is 5. The number of hydrogen-bond donors (Lipinski definition) is 2. The fourth-order valence-corrected chi connectivity index (χ4v) is 2.49. The molecule has 2 aromatic rings. The first-order valence-electron chi connectivity index (χ1n) is 5.88. The zero-order valence-electron chi connectivity index (χ0n) is 11.0. The second kappa shape index (κ2) is 6.86. The molecule has 2 N–H and O–H groups in total. The highest BCUT2D eigenvalue weighted by atomic mass is 35.5. The molecule has 0 fully saturated rings. The Morgan fingerprint density at radius 3 is 2.57 bits per heavy atom. The molecule has 1 aromatic heterocycles. The molecule has 1 aromatic carbocycles. The van der Waals surface area contributed by atoms with E-state index in [1.165, 1.54) is 12.1 Å². The Morgan fingerprint density at radius 1 is 1.22 bits per heavy atom. The molecule has 23 heavy (non-hydrogen) atoms. The van der Waals surface area contributed by atoms with Gasteiger partial charge in [-0.1, -0.05) is 23.2 Å². The molecule has 0 radical (unpaired) electrons. The van der Waals surface area contributed by atoms with E-state index in [2.05, 4.69) is 10.3 Å². The number of hydrogen-bond acceptors (Lipinski definition) is 4. The van der Waals surface area contributed by atoms with Crippen molar-refractivity contribution in [3.05, 3.63) is 46.2 Å². The van der Waals surface area contributed by atoms with Crippen molar-refractivity contribution in [1.82, 2.24) is 4.98 Å². The number of nitrogens with one attached hydrogen (secondary N) is 1. The zero-order chi connectivity index (χ0) is 17.2. The highest BCUT2D eigenvalue weighted by molar-refractivity contribution is 8.00. The van der Waals surface area contributed by atoms with Crippen LogP contribution in [0.25, 0.3) is 0 Å². The smallest absolute Gasteiger partial charge is 0.446 e. The minimum Gasteiger partial charge on any atom is -0.506 e. The van der Waals surface area contributed by atoms with Gasteiger partial charge in [0.25, 0.3) is 5.91 Å². The molecule has 0 bridgehead atoms. The van der Waals surface area contributed by atoms with E-state index in [-0.39, 0.29) is 38.2 Å². The molecule has 0 atom stereocenters. The standard InChI is InChI=1S/C13H7Cl2F3N2O2S/c14-7-2-4-10(15)20-11(7)12(22)19-8-5-6(1-3-9(8)21)23-13(16,17)18/h1-5,21H,(H,19,22). The summed E-state index contributed by atoms with van der Waals surface area (Å²) in [6.07, 6.45) is 0. The number of carbonyl (C=O) groups excluding carboxylic acids is 1. The van der Waals surface area contributed by atoms with Crippen molar-refractivity contribution in [2.75, 3.05) is 5.32 Å². The van der Waals surface area contributed by atoms with Crippen molar-refractivity contribution in [2.45, 2.75) is 10.4 Å². The van der Waals surface area contributed by atoms with Gasteiger partial charge in [-0.25, -0.2) is 4.98 Å². The molecular weight excluding hydrogens is 376 g/mol. The van der Waals surface area contributed by atoms with Crippen LogP contribution >= 0.6 is 35.0 Å². The number of thioether (sulfide) groups is 1. The lowest BCUT2D eigenvalue weighted by atomic mass is 10.2. The fourth-order valence-electron chi connectivity index (χ4n) is 1.57. The Balaban J connectivity index is 2.27. The number of pyridine rings is 1. The largest absolute Gasteiger partial charge is 0.506 e. The van der Waals surface area contributed by atoms with Gasteiger partial charge in [0, 0.05) is 4.90 Å². The number of rotatable bonds is 3. The summed E-state index contributed by atoms with van der Waals surface area (Å²) in [4.78, 5) is 15.6. The van der Waals surface area contributed by atoms with Gasteiger partial charge in [-0.2, -0.15) is 13.2 Å². The number of alkyl halides is 3. The van der Waals surface area contributed by atoms with E-state index in [0.29, 0.717) is 0 Å². The van der Waals surface area contributed by atoms with Crippen molar-refractivity contribution in [3.63, 3.8) is 0 Å². The summed E-state index contributed by atoms with van der Waals surface area (Å²) in [6.45, 7) is 0. The highest BCUT2D eigenvalue weighted by Gasteiger charge is 2.29. The first-order valence-corrected chi connectivity index (χ1v) is 7.45. The number of aromatic nitrogens is 1. The van der Waals surface area contributed by atoms with Crippen LogP contribution in [-0.4, -0.2) is 21.5 Å². The minimum absolute atomic E-state index is 0.00668. The number of nitrogens with zero attached hydrogens (tertiary/aromatic N) is 1. The summed E-state index contributed by atoms with van der Waals surface area (Å²) in [5.41, 5.74) is -4.91. The van der Waals surface area contributed by atoms with Crippen LogP contribution in [0.4, 0.5) is 18.9 Å². The number of phenols is 1. The molecular formula is C13H7Cl2F3N2O2S. The molecule has 0 unspecified atom stereocenters. The van der Waals surface area contributed by atoms with Crippen LogP contribution in [-0.2, 0) is 0 Å². The Bertz CT molecular complexity index is 756. The molecule has 0 aliphatic heterocycles. The van der Waals surface area contributed by atoms with Crippen LogP contribution < -0.4 is 5.32 Å². The number of aromatic hydroxyl groups is 1. The molecule has 122 valence electrons. The monoisotopic (exact) mass is 382 g/mol. The molecule has 4 nitrogen and oxygen atoms in total. The van der Waals surface area contributed by atoms with E-state index in [1.807, 2.05) is 0 Å². The van der Waals surface area contributed by atoms with E-state index in [4.69, 9.17) is 23.2 Å². The van der Waals surface area contributed by atoms with Crippen molar-refractivity contribution < 1.29 is 23.1 Å². The lowest BCUT2D eigenvalue weighted by molar-refractivity contribution is -0.0328. The lowest BCUT2D eigenvalue weighted by Gasteiger charge is -2.11. The Hall–Kier alpha value is -1.64. The summed E-state index contributed by atoms with van der Waals surface area (Å²) in [6, 6.07) is 5.83. The lowest BCUT2D eigenvalue weighted by Crippen LogP contribution is -2.14. The molecule has 0 spiro atoms. The molecule has 0 aliphatic carbocycles. The van der Waals surface area contributed by atoms with Crippen LogP contribution in [0.5, 0.6) is 5.75 Å². The maximum Gasteiger partial charge on any atom is 0.446 e. The van der Waals surface area contributed by atoms with Gasteiger partial charge in [0.1, 0.15) is 16.6 Å². The topological polar surface area (TPSA) is 62.2 Å². The third kappa shape index (κ3) is 4.92. The van der Waals surface area contributed by atoms with Crippen LogP contribution in [0.15, 0.2) is 35.2 Å². The molecule has 2 rings (SSSR count). The Morgan fingerprint density at radius 2 is 1.91 bits per heavy atom. The van der Waals surface area contributed by atoms with Gasteiger partial charge in [-0.05, 0) is 42.1 Å². The maximum atomic E-state index is 12.4. The number of anilines is 1. The second-order valence-electron chi connectivity index (χ2n) is 4.15. The molecule has 10 heteroatoms. The minimum atomic E-state index is -4.49. The SMILES string of the molecule is O=C(Nc1cc(SC(F)(F)F)ccc1O)c1nc(Cl)ccc1Cl. The third-order valence-electron chi connectivity index (χ3n) is 2.48. The third-order valence-corrected chi connectivity index (χ3v) is 3.71. The summed E-state index contributed by atoms with van der Waals surface area (Å²) >= 11 is 11.1. The summed E-state index contributed by atoms with van der Waals surface area (Å²) in [5.74, 6) is -1.22. The Labute approximate surface area is 142 Å².